The molecule has 6 nitrogen and oxygen atoms in total. The minimum atomic E-state index is 0.556. The van der Waals surface area contributed by atoms with E-state index in [0.29, 0.717) is 17.2 Å². The summed E-state index contributed by atoms with van der Waals surface area (Å²) in [7, 11) is 6.44. The molecule has 0 amide bonds. The van der Waals surface area contributed by atoms with Crippen molar-refractivity contribution < 1.29 is 18.9 Å². The first-order valence-electron chi connectivity index (χ1n) is 8.12. The van der Waals surface area contributed by atoms with Crippen LogP contribution in [0.3, 0.4) is 0 Å². The number of H-pyrrole nitrogens is 1. The number of nitrogens with one attached hydrogen (secondary N) is 1. The average molecular weight is 354 g/mol. The fraction of sp³-hybridized carbons (Fsp3) is 0.250. The van der Waals surface area contributed by atoms with Gasteiger partial charge in [0.15, 0.2) is 11.5 Å². The summed E-state index contributed by atoms with van der Waals surface area (Å²) in [6.07, 6.45) is 0. The molecule has 1 N–H and O–H groups in total. The molecule has 6 heteroatoms. The van der Waals surface area contributed by atoms with Crippen molar-refractivity contribution >= 4 is 0 Å². The Hall–Kier alpha value is -3.15. The molecule has 0 atom stereocenters. The average Bonchev–Trinajstić information content (AvgIpc) is 3.16. The molecular formula is C20H22N2O4. The van der Waals surface area contributed by atoms with Crippen molar-refractivity contribution in [2.24, 2.45) is 0 Å². The molecule has 2 aromatic carbocycles. The lowest BCUT2D eigenvalue weighted by Gasteiger charge is -2.13. The highest BCUT2D eigenvalue weighted by atomic mass is 16.5. The van der Waals surface area contributed by atoms with Crippen LogP contribution in [0, 0.1) is 6.92 Å². The van der Waals surface area contributed by atoms with Crippen molar-refractivity contribution in [3.05, 3.63) is 42.0 Å². The van der Waals surface area contributed by atoms with E-state index in [1.807, 2.05) is 37.3 Å². The lowest BCUT2D eigenvalue weighted by molar-refractivity contribution is 0.324. The Bertz CT molecular complexity index is 893. The number of rotatable bonds is 6. The maximum Gasteiger partial charge on any atom is 0.203 e. The number of aromatic nitrogens is 2. The van der Waals surface area contributed by atoms with Gasteiger partial charge in [-0.15, -0.1) is 0 Å². The quantitative estimate of drug-likeness (QED) is 0.722. The van der Waals surface area contributed by atoms with Gasteiger partial charge in [0.25, 0.3) is 0 Å². The van der Waals surface area contributed by atoms with Gasteiger partial charge in [-0.2, -0.15) is 5.10 Å². The van der Waals surface area contributed by atoms with Crippen molar-refractivity contribution in [3.63, 3.8) is 0 Å². The molecule has 3 aromatic rings. The first kappa shape index (κ1) is 17.7. The van der Waals surface area contributed by atoms with Gasteiger partial charge in [0.05, 0.1) is 39.8 Å². The maximum atomic E-state index is 5.42. The van der Waals surface area contributed by atoms with Crippen molar-refractivity contribution in [3.8, 4) is 45.5 Å². The SMILES string of the molecule is COc1ccc(-c2cc(-c3cc(OC)c(OC)c(OC)c3)n[nH]2)cc1C. The number of nitrogens with zero attached hydrogens (tertiary/aromatic N) is 1. The van der Waals surface area contributed by atoms with Gasteiger partial charge in [-0.1, -0.05) is 0 Å². The zero-order chi connectivity index (χ0) is 18.7. The lowest BCUT2D eigenvalue weighted by Crippen LogP contribution is -1.95. The third kappa shape index (κ3) is 3.18. The van der Waals surface area contributed by atoms with Crippen molar-refractivity contribution in [1.29, 1.82) is 0 Å². The Balaban J connectivity index is 2.01. The molecule has 136 valence electrons. The van der Waals surface area contributed by atoms with Crippen LogP contribution in [0.15, 0.2) is 36.4 Å². The van der Waals surface area contributed by atoms with Crippen LogP contribution < -0.4 is 18.9 Å². The number of aromatic amines is 1. The van der Waals surface area contributed by atoms with Crippen LogP contribution in [0.25, 0.3) is 22.5 Å². The standard InChI is InChI=1S/C20H22N2O4/c1-12-8-13(6-7-17(12)23-2)15-11-16(22-21-15)14-9-18(24-3)20(26-5)19(10-14)25-4/h6-11H,1-5H3,(H,21,22). The Morgan fingerprint density at radius 3 is 1.92 bits per heavy atom. The number of methoxy groups -OCH3 is 4. The molecule has 0 bridgehead atoms. The first-order valence-corrected chi connectivity index (χ1v) is 8.12. The lowest BCUT2D eigenvalue weighted by atomic mass is 10.1. The second-order valence-electron chi connectivity index (χ2n) is 5.77. The number of benzene rings is 2. The predicted molar refractivity (Wildman–Crippen MR) is 100 cm³/mol. The summed E-state index contributed by atoms with van der Waals surface area (Å²) in [5.41, 5.74) is 4.67. The van der Waals surface area contributed by atoms with Gasteiger partial charge in [-0.05, 0) is 48.9 Å². The van der Waals surface area contributed by atoms with E-state index < -0.39 is 0 Å². The van der Waals surface area contributed by atoms with Crippen LogP contribution in [0.4, 0.5) is 0 Å². The van der Waals surface area contributed by atoms with Crippen LogP contribution in [0.1, 0.15) is 5.56 Å². The molecule has 0 unspecified atom stereocenters. The number of aryl methyl sites for hydroxylation is 1. The van der Waals surface area contributed by atoms with Gasteiger partial charge in [-0.3, -0.25) is 5.10 Å². The van der Waals surface area contributed by atoms with E-state index in [4.69, 9.17) is 18.9 Å². The molecule has 0 fully saturated rings. The third-order valence-electron chi connectivity index (χ3n) is 4.24. The smallest absolute Gasteiger partial charge is 0.203 e. The largest absolute Gasteiger partial charge is 0.496 e. The molecule has 0 radical (unpaired) electrons. The van der Waals surface area contributed by atoms with E-state index in [0.717, 1.165) is 33.8 Å². The number of hydrogen-bond donors (Lipinski definition) is 1. The topological polar surface area (TPSA) is 65.6 Å². The highest BCUT2D eigenvalue weighted by Gasteiger charge is 2.16. The van der Waals surface area contributed by atoms with E-state index in [-0.39, 0.29) is 0 Å². The van der Waals surface area contributed by atoms with Gasteiger partial charge in [0.1, 0.15) is 5.75 Å². The van der Waals surface area contributed by atoms with E-state index in [9.17, 15) is 0 Å². The van der Waals surface area contributed by atoms with Crippen molar-refractivity contribution in [2.75, 3.05) is 28.4 Å². The predicted octanol–water partition coefficient (Wildman–Crippen LogP) is 4.09. The molecule has 0 aliphatic heterocycles. The summed E-state index contributed by atoms with van der Waals surface area (Å²) in [6.45, 7) is 2.01. The van der Waals surface area contributed by atoms with Gasteiger partial charge < -0.3 is 18.9 Å². The summed E-state index contributed by atoms with van der Waals surface area (Å²) in [5, 5.41) is 7.52. The summed E-state index contributed by atoms with van der Waals surface area (Å²) in [4.78, 5) is 0. The summed E-state index contributed by atoms with van der Waals surface area (Å²) >= 11 is 0. The van der Waals surface area contributed by atoms with Gasteiger partial charge in [-0.25, -0.2) is 0 Å². The fourth-order valence-corrected chi connectivity index (χ4v) is 2.89. The second-order valence-corrected chi connectivity index (χ2v) is 5.77. The number of hydrogen-bond acceptors (Lipinski definition) is 5. The van der Waals surface area contributed by atoms with Crippen molar-refractivity contribution in [1.82, 2.24) is 10.2 Å². The number of ether oxygens (including phenoxy) is 4. The molecule has 0 saturated heterocycles. The molecule has 3 rings (SSSR count). The Kier molecular flexibility index (Phi) is 5.02. The molecule has 0 saturated carbocycles. The first-order chi connectivity index (χ1) is 12.6. The van der Waals surface area contributed by atoms with Crippen LogP contribution in [0.2, 0.25) is 0 Å². The second kappa shape index (κ2) is 7.39. The minimum Gasteiger partial charge on any atom is -0.496 e. The van der Waals surface area contributed by atoms with E-state index in [1.165, 1.54) is 0 Å². The van der Waals surface area contributed by atoms with Gasteiger partial charge in [0, 0.05) is 11.1 Å². The molecule has 0 aliphatic carbocycles. The van der Waals surface area contributed by atoms with Crippen LogP contribution in [0.5, 0.6) is 23.0 Å². The minimum absolute atomic E-state index is 0.556. The van der Waals surface area contributed by atoms with Crippen molar-refractivity contribution in [2.45, 2.75) is 6.92 Å². The molecule has 1 aromatic heterocycles. The summed E-state index contributed by atoms with van der Waals surface area (Å²) in [6, 6.07) is 11.7. The zero-order valence-electron chi connectivity index (χ0n) is 15.5. The van der Waals surface area contributed by atoms with Crippen LogP contribution in [-0.2, 0) is 0 Å². The van der Waals surface area contributed by atoms with Crippen LogP contribution in [-0.4, -0.2) is 38.6 Å². The monoisotopic (exact) mass is 354 g/mol. The Morgan fingerprint density at radius 1 is 0.731 bits per heavy atom. The fourth-order valence-electron chi connectivity index (χ4n) is 2.89. The highest BCUT2D eigenvalue weighted by Crippen LogP contribution is 2.41. The normalized spacial score (nSPS) is 10.5. The molecule has 0 aliphatic rings. The molecule has 1 heterocycles. The van der Waals surface area contributed by atoms with E-state index >= 15 is 0 Å². The Labute approximate surface area is 152 Å². The maximum absolute atomic E-state index is 5.42. The summed E-state index contributed by atoms with van der Waals surface area (Å²) < 4.78 is 21.5. The van der Waals surface area contributed by atoms with Crippen LogP contribution >= 0.6 is 0 Å². The third-order valence-corrected chi connectivity index (χ3v) is 4.24. The van der Waals surface area contributed by atoms with Gasteiger partial charge >= 0.3 is 0 Å². The summed E-state index contributed by atoms with van der Waals surface area (Å²) in [5.74, 6) is 2.59. The molecule has 26 heavy (non-hydrogen) atoms. The Morgan fingerprint density at radius 2 is 1.38 bits per heavy atom. The zero-order valence-corrected chi connectivity index (χ0v) is 15.5. The van der Waals surface area contributed by atoms with E-state index in [2.05, 4.69) is 16.3 Å². The highest BCUT2D eigenvalue weighted by molar-refractivity contribution is 5.73. The molecular weight excluding hydrogens is 332 g/mol. The van der Waals surface area contributed by atoms with Gasteiger partial charge in [0.2, 0.25) is 5.75 Å². The van der Waals surface area contributed by atoms with E-state index in [1.54, 1.807) is 28.4 Å². The molecule has 0 spiro atoms.